The van der Waals surface area contributed by atoms with E-state index in [4.69, 9.17) is 37.4 Å². The lowest BCUT2D eigenvalue weighted by Gasteiger charge is -2.21. The molecule has 0 radical (unpaired) electrons. The van der Waals surface area contributed by atoms with Gasteiger partial charge in [0.15, 0.2) is 0 Å². The van der Waals surface area contributed by atoms with Gasteiger partial charge in [-0.15, -0.1) is 0 Å². The molecule has 2 N–H and O–H groups in total. The maximum Gasteiger partial charge on any atom is 0.416 e. The van der Waals surface area contributed by atoms with Gasteiger partial charge in [0.1, 0.15) is 37.9 Å². The first-order valence-electron chi connectivity index (χ1n) is 15.9. The second-order valence-electron chi connectivity index (χ2n) is 11.2. The lowest BCUT2D eigenvalue weighted by Crippen LogP contribution is -2.23. The van der Waals surface area contributed by atoms with Crippen LogP contribution in [0.1, 0.15) is 11.1 Å². The number of nitrogens with one attached hydrogen (secondary N) is 2. The number of halogens is 8. The summed E-state index contributed by atoms with van der Waals surface area (Å²) in [6.45, 7) is -3.07. The standard InChI is InChI=1S/C32H26Cl2F6N4O13S2/c1-41-58(49,50)55-13-11-53-29-23(43(45)46)7-9-25(27(29)19-5-3-17(15-21(19)33)31(35,36)37)57-26-10-8-24(44(47)48)30(54-12-14-56-59(51,52)42-2)28(26)20-6-4-18(16-22(20)34)32(38,39)40/h3-10,15-16,41-42H,11-14H2,1-2H3. The number of alkyl halides is 6. The molecule has 0 amide bonds. The minimum atomic E-state index is -4.92. The van der Waals surface area contributed by atoms with E-state index < -0.39 is 147 Å². The number of ether oxygens (including phenoxy) is 3. The zero-order chi connectivity index (χ0) is 44.1. The molecule has 0 heterocycles. The summed E-state index contributed by atoms with van der Waals surface area (Å²) < 4.78 is 159. The molecular formula is C32H26Cl2F6N4O13S2. The fourth-order valence-electron chi connectivity index (χ4n) is 4.97. The van der Waals surface area contributed by atoms with Crippen molar-refractivity contribution in [3.05, 3.63) is 102 Å². The zero-order valence-corrected chi connectivity index (χ0v) is 32.8. The largest absolute Gasteiger partial charge is 0.484 e. The van der Waals surface area contributed by atoms with Crippen LogP contribution in [-0.2, 0) is 41.3 Å². The highest BCUT2D eigenvalue weighted by Crippen LogP contribution is 2.53. The second-order valence-corrected chi connectivity index (χ2v) is 15.2. The van der Waals surface area contributed by atoms with E-state index in [2.05, 4.69) is 8.37 Å². The Kier molecular flexibility index (Phi) is 14.6. The normalized spacial score (nSPS) is 12.3. The zero-order valence-electron chi connectivity index (χ0n) is 29.6. The molecule has 4 aromatic rings. The summed E-state index contributed by atoms with van der Waals surface area (Å²) in [6.07, 6.45) is -9.85. The quantitative estimate of drug-likeness (QED) is 0.0423. The lowest BCUT2D eigenvalue weighted by atomic mass is 9.99. The highest BCUT2D eigenvalue weighted by Gasteiger charge is 2.35. The molecule has 0 saturated carbocycles. The van der Waals surface area contributed by atoms with Crippen LogP contribution in [0, 0.1) is 20.2 Å². The summed E-state index contributed by atoms with van der Waals surface area (Å²) in [5, 5.41) is 23.1. The average Bonchev–Trinajstić information content (AvgIpc) is 3.14. The number of hydrogen-bond acceptors (Lipinski definition) is 13. The summed E-state index contributed by atoms with van der Waals surface area (Å²) in [4.78, 5) is 22.5. The van der Waals surface area contributed by atoms with Crippen molar-refractivity contribution in [2.75, 3.05) is 40.5 Å². The summed E-state index contributed by atoms with van der Waals surface area (Å²) in [6, 6.07) is 7.04. The van der Waals surface area contributed by atoms with Crippen LogP contribution in [0.3, 0.4) is 0 Å². The maximum absolute atomic E-state index is 13.7. The number of benzene rings is 4. The molecule has 0 aromatic heterocycles. The third-order valence-corrected chi connectivity index (χ3v) is 10.2. The van der Waals surface area contributed by atoms with Gasteiger partial charge in [-0.05, 0) is 36.4 Å². The SMILES string of the molecule is CNS(=O)(=O)OCCOc1c([N+](=O)[O-])ccc(Oc2ccc([N+](=O)[O-])c(OCCOS(=O)(=O)NC)c2-c2ccc(C(F)(F)F)cc2Cl)c1-c1ccc(C(F)(F)F)cc1Cl. The first-order valence-corrected chi connectivity index (χ1v) is 19.4. The minimum Gasteiger partial charge on any atom is -0.484 e. The topological polar surface area (TPSA) is 225 Å². The van der Waals surface area contributed by atoms with Gasteiger partial charge in [-0.1, -0.05) is 35.3 Å². The molecule has 0 aliphatic carbocycles. The molecule has 59 heavy (non-hydrogen) atoms. The molecule has 17 nitrogen and oxygen atoms in total. The Hall–Kier alpha value is -5.02. The van der Waals surface area contributed by atoms with E-state index in [9.17, 15) is 63.4 Å². The molecule has 0 unspecified atom stereocenters. The Bertz CT molecular complexity index is 2310. The molecule has 0 fully saturated rings. The van der Waals surface area contributed by atoms with Crippen molar-refractivity contribution in [1.82, 2.24) is 9.44 Å². The summed E-state index contributed by atoms with van der Waals surface area (Å²) in [5.74, 6) is -2.64. The lowest BCUT2D eigenvalue weighted by molar-refractivity contribution is -0.385. The van der Waals surface area contributed by atoms with Crippen molar-refractivity contribution < 1.29 is 75.6 Å². The second kappa shape index (κ2) is 18.5. The number of nitrogens with zero attached hydrogens (tertiary/aromatic N) is 2. The molecule has 320 valence electrons. The minimum absolute atomic E-state index is 0.410. The van der Waals surface area contributed by atoms with Crippen LogP contribution >= 0.6 is 23.2 Å². The molecule has 0 aliphatic heterocycles. The van der Waals surface area contributed by atoms with Gasteiger partial charge in [0, 0.05) is 47.4 Å². The summed E-state index contributed by atoms with van der Waals surface area (Å²) >= 11 is 12.7. The first-order chi connectivity index (χ1) is 27.4. The van der Waals surface area contributed by atoms with Gasteiger partial charge in [-0.25, -0.2) is 0 Å². The predicted molar refractivity (Wildman–Crippen MR) is 196 cm³/mol. The van der Waals surface area contributed by atoms with Crippen LogP contribution in [0.15, 0.2) is 60.7 Å². The molecule has 0 saturated heterocycles. The van der Waals surface area contributed by atoms with Crippen molar-refractivity contribution in [1.29, 1.82) is 0 Å². The molecule has 27 heteroatoms. The Labute approximate surface area is 339 Å². The predicted octanol–water partition coefficient (Wildman–Crippen LogP) is 7.69. The smallest absolute Gasteiger partial charge is 0.416 e. The highest BCUT2D eigenvalue weighted by molar-refractivity contribution is 7.84. The fraction of sp³-hybridized carbons (Fsp3) is 0.250. The van der Waals surface area contributed by atoms with Crippen LogP contribution in [0.2, 0.25) is 10.0 Å². The van der Waals surface area contributed by atoms with Crippen molar-refractivity contribution in [2.45, 2.75) is 12.4 Å². The molecule has 0 bridgehead atoms. The van der Waals surface area contributed by atoms with Crippen LogP contribution in [0.4, 0.5) is 37.7 Å². The molecule has 4 rings (SSSR count). The number of hydrogen-bond donors (Lipinski definition) is 2. The summed E-state index contributed by atoms with van der Waals surface area (Å²) in [5.41, 5.74) is -6.16. The van der Waals surface area contributed by atoms with Gasteiger partial charge < -0.3 is 14.2 Å². The van der Waals surface area contributed by atoms with E-state index in [1.807, 2.05) is 9.44 Å². The van der Waals surface area contributed by atoms with Gasteiger partial charge in [-0.3, -0.25) is 28.6 Å². The molecule has 4 aromatic carbocycles. The van der Waals surface area contributed by atoms with Crippen molar-refractivity contribution in [3.63, 3.8) is 0 Å². The Morgan fingerprint density at radius 2 is 0.966 bits per heavy atom. The van der Waals surface area contributed by atoms with Crippen LogP contribution in [0.25, 0.3) is 22.3 Å². The third-order valence-electron chi connectivity index (χ3n) is 7.58. The molecule has 0 aliphatic rings. The van der Waals surface area contributed by atoms with E-state index in [-0.39, 0.29) is 0 Å². The van der Waals surface area contributed by atoms with Crippen LogP contribution in [0.5, 0.6) is 23.0 Å². The number of nitro groups is 2. The Balaban J connectivity index is 2.04. The van der Waals surface area contributed by atoms with Gasteiger partial charge in [-0.2, -0.15) is 52.6 Å². The number of rotatable bonds is 18. The van der Waals surface area contributed by atoms with E-state index >= 15 is 0 Å². The van der Waals surface area contributed by atoms with Gasteiger partial charge in [0.25, 0.3) is 0 Å². The Morgan fingerprint density at radius 3 is 1.25 bits per heavy atom. The monoisotopic (exact) mass is 922 g/mol. The van der Waals surface area contributed by atoms with E-state index in [1.165, 1.54) is 0 Å². The van der Waals surface area contributed by atoms with Gasteiger partial charge in [0.05, 0.1) is 32.1 Å². The molecule has 0 atom stereocenters. The van der Waals surface area contributed by atoms with Crippen molar-refractivity contribution in [2.24, 2.45) is 0 Å². The van der Waals surface area contributed by atoms with E-state index in [0.29, 0.717) is 24.3 Å². The third kappa shape index (κ3) is 11.6. The first kappa shape index (κ1) is 46.7. The average molecular weight is 924 g/mol. The van der Waals surface area contributed by atoms with Gasteiger partial charge >= 0.3 is 44.3 Å². The van der Waals surface area contributed by atoms with Crippen LogP contribution < -0.4 is 23.7 Å². The highest BCUT2D eigenvalue weighted by atomic mass is 35.5. The molecule has 0 spiro atoms. The Morgan fingerprint density at radius 1 is 0.610 bits per heavy atom. The maximum atomic E-state index is 13.7. The fourth-order valence-corrected chi connectivity index (χ4v) is 6.33. The number of nitro benzene ring substituents is 2. The van der Waals surface area contributed by atoms with Crippen molar-refractivity contribution >= 4 is 55.2 Å². The molecular weight excluding hydrogens is 897 g/mol. The van der Waals surface area contributed by atoms with E-state index in [1.54, 1.807) is 0 Å². The summed E-state index contributed by atoms with van der Waals surface area (Å²) in [7, 11) is -6.59. The van der Waals surface area contributed by atoms with Crippen LogP contribution in [-0.4, -0.2) is 67.2 Å². The van der Waals surface area contributed by atoms with E-state index in [0.717, 1.165) is 50.5 Å². The van der Waals surface area contributed by atoms with Gasteiger partial charge in [0.2, 0.25) is 11.5 Å². The van der Waals surface area contributed by atoms with Crippen molar-refractivity contribution in [3.8, 4) is 45.3 Å².